The molecule has 4 rings (SSSR count). The Labute approximate surface area is 197 Å². The summed E-state index contributed by atoms with van der Waals surface area (Å²) in [5.41, 5.74) is 2.67. The minimum atomic E-state index is -0.438. The highest BCUT2D eigenvalue weighted by molar-refractivity contribution is 6.04. The van der Waals surface area contributed by atoms with Crippen molar-refractivity contribution in [2.24, 2.45) is 0 Å². The van der Waals surface area contributed by atoms with Crippen molar-refractivity contribution < 1.29 is 14.5 Å². The first-order chi connectivity index (χ1) is 16.4. The number of benzene rings is 3. The fraction of sp³-hybridized carbons (Fsp3) is 0.231. The van der Waals surface area contributed by atoms with Crippen molar-refractivity contribution in [2.75, 3.05) is 23.3 Å². The highest BCUT2D eigenvalue weighted by Gasteiger charge is 2.24. The van der Waals surface area contributed by atoms with Crippen molar-refractivity contribution in [1.82, 2.24) is 5.32 Å². The zero-order valence-electron chi connectivity index (χ0n) is 18.9. The van der Waals surface area contributed by atoms with Crippen molar-refractivity contribution in [1.29, 1.82) is 0 Å². The molecule has 1 unspecified atom stereocenters. The van der Waals surface area contributed by atoms with Crippen LogP contribution in [0.1, 0.15) is 52.1 Å². The number of carbonyl (C=O) groups excluding carboxylic acids is 2. The largest absolute Gasteiger partial charge is 0.366 e. The summed E-state index contributed by atoms with van der Waals surface area (Å²) in [7, 11) is 0. The zero-order valence-corrected chi connectivity index (χ0v) is 18.9. The molecule has 8 nitrogen and oxygen atoms in total. The van der Waals surface area contributed by atoms with Gasteiger partial charge in [0.15, 0.2) is 0 Å². The molecule has 1 atom stereocenters. The Morgan fingerprint density at radius 1 is 0.912 bits per heavy atom. The lowest BCUT2D eigenvalue weighted by Crippen LogP contribution is -2.27. The van der Waals surface area contributed by atoms with Gasteiger partial charge in [-0.2, -0.15) is 0 Å². The van der Waals surface area contributed by atoms with E-state index >= 15 is 0 Å². The number of nitrogens with one attached hydrogen (secondary N) is 2. The summed E-state index contributed by atoms with van der Waals surface area (Å²) in [6.07, 6.45) is 2.00. The summed E-state index contributed by atoms with van der Waals surface area (Å²) in [4.78, 5) is 38.5. The van der Waals surface area contributed by atoms with E-state index in [0.717, 1.165) is 31.5 Å². The van der Waals surface area contributed by atoms with E-state index in [0.29, 0.717) is 16.9 Å². The molecule has 1 aliphatic rings. The van der Waals surface area contributed by atoms with Crippen molar-refractivity contribution in [3.05, 3.63) is 99.6 Å². The monoisotopic (exact) mass is 458 g/mol. The quantitative estimate of drug-likeness (QED) is 0.386. The second-order valence-corrected chi connectivity index (χ2v) is 8.30. The lowest BCUT2D eigenvalue weighted by Gasteiger charge is -2.19. The number of carbonyl (C=O) groups is 2. The fourth-order valence-electron chi connectivity index (χ4n) is 4.08. The van der Waals surface area contributed by atoms with E-state index in [4.69, 9.17) is 0 Å². The van der Waals surface area contributed by atoms with E-state index < -0.39 is 10.8 Å². The standard InChI is InChI=1S/C26H26N4O4/c1-18(20-10-7-11-22(16-20)28-25(31)19-8-3-2-4-9-19)27-26(32)21-12-13-23(24(17-21)30(33)34)29-14-5-6-15-29/h2-4,7-13,16-18H,5-6,14-15H2,1H3,(H,27,32)(H,28,31). The van der Waals surface area contributed by atoms with Gasteiger partial charge in [-0.1, -0.05) is 30.3 Å². The molecule has 0 aromatic heterocycles. The van der Waals surface area contributed by atoms with Gasteiger partial charge in [-0.15, -0.1) is 0 Å². The fourth-order valence-corrected chi connectivity index (χ4v) is 4.08. The molecule has 0 saturated carbocycles. The number of rotatable bonds is 7. The third kappa shape index (κ3) is 5.23. The maximum Gasteiger partial charge on any atom is 0.293 e. The van der Waals surface area contributed by atoms with Gasteiger partial charge in [0.05, 0.1) is 11.0 Å². The van der Waals surface area contributed by atoms with Crippen LogP contribution in [0, 0.1) is 10.1 Å². The van der Waals surface area contributed by atoms with E-state index in [-0.39, 0.29) is 23.2 Å². The third-order valence-corrected chi connectivity index (χ3v) is 5.91. The number of anilines is 2. The number of nitro groups is 1. The van der Waals surface area contributed by atoms with Crippen LogP contribution in [0.2, 0.25) is 0 Å². The molecule has 0 spiro atoms. The summed E-state index contributed by atoms with van der Waals surface area (Å²) in [6, 6.07) is 20.4. The topological polar surface area (TPSA) is 105 Å². The Bertz CT molecular complexity index is 1210. The molecule has 1 heterocycles. The summed E-state index contributed by atoms with van der Waals surface area (Å²) < 4.78 is 0. The van der Waals surface area contributed by atoms with Crippen LogP contribution in [0.15, 0.2) is 72.8 Å². The molecule has 8 heteroatoms. The number of nitro benzene ring substituents is 1. The average molecular weight is 459 g/mol. The first-order valence-electron chi connectivity index (χ1n) is 11.2. The normalized spacial score (nSPS) is 13.9. The molecule has 1 aliphatic heterocycles. The lowest BCUT2D eigenvalue weighted by molar-refractivity contribution is -0.384. The van der Waals surface area contributed by atoms with Crippen LogP contribution in [0.4, 0.5) is 17.1 Å². The van der Waals surface area contributed by atoms with Crippen LogP contribution in [-0.4, -0.2) is 29.8 Å². The van der Waals surface area contributed by atoms with E-state index in [1.165, 1.54) is 6.07 Å². The van der Waals surface area contributed by atoms with Crippen molar-refractivity contribution in [3.8, 4) is 0 Å². The average Bonchev–Trinajstić information content (AvgIpc) is 3.39. The summed E-state index contributed by atoms with van der Waals surface area (Å²) in [6.45, 7) is 3.38. The van der Waals surface area contributed by atoms with E-state index in [1.807, 2.05) is 24.0 Å². The predicted molar refractivity (Wildman–Crippen MR) is 131 cm³/mol. The van der Waals surface area contributed by atoms with Crippen LogP contribution >= 0.6 is 0 Å². The van der Waals surface area contributed by atoms with Gasteiger partial charge in [0.1, 0.15) is 5.69 Å². The SMILES string of the molecule is CC(NC(=O)c1ccc(N2CCCC2)c([N+](=O)[O-])c1)c1cccc(NC(=O)c2ccccc2)c1. The van der Waals surface area contributed by atoms with Crippen LogP contribution in [-0.2, 0) is 0 Å². The Balaban J connectivity index is 1.46. The molecule has 0 aliphatic carbocycles. The van der Waals surface area contributed by atoms with Crippen LogP contribution in [0.5, 0.6) is 0 Å². The molecule has 2 N–H and O–H groups in total. The second kappa shape index (κ2) is 10.2. The van der Waals surface area contributed by atoms with Gasteiger partial charge in [0.25, 0.3) is 17.5 Å². The molecular weight excluding hydrogens is 432 g/mol. The molecule has 34 heavy (non-hydrogen) atoms. The molecule has 3 aromatic rings. The van der Waals surface area contributed by atoms with Gasteiger partial charge >= 0.3 is 0 Å². The van der Waals surface area contributed by atoms with E-state index in [2.05, 4.69) is 10.6 Å². The summed E-state index contributed by atoms with van der Waals surface area (Å²) >= 11 is 0. The molecule has 1 saturated heterocycles. The molecule has 2 amide bonds. The highest BCUT2D eigenvalue weighted by atomic mass is 16.6. The molecular formula is C26H26N4O4. The Morgan fingerprint density at radius 3 is 2.35 bits per heavy atom. The molecule has 0 radical (unpaired) electrons. The first kappa shape index (κ1) is 23.0. The maximum absolute atomic E-state index is 12.9. The van der Waals surface area contributed by atoms with Gasteiger partial charge in [-0.25, -0.2) is 0 Å². The van der Waals surface area contributed by atoms with Gasteiger partial charge in [-0.05, 0) is 61.7 Å². The number of hydrogen-bond donors (Lipinski definition) is 2. The smallest absolute Gasteiger partial charge is 0.293 e. The zero-order chi connectivity index (χ0) is 24.1. The lowest BCUT2D eigenvalue weighted by atomic mass is 10.1. The Morgan fingerprint density at radius 2 is 1.65 bits per heavy atom. The van der Waals surface area contributed by atoms with Crippen LogP contribution < -0.4 is 15.5 Å². The predicted octanol–water partition coefficient (Wildman–Crippen LogP) is 4.94. The number of nitrogens with zero attached hydrogens (tertiary/aromatic N) is 2. The van der Waals surface area contributed by atoms with E-state index in [9.17, 15) is 19.7 Å². The first-order valence-corrected chi connectivity index (χ1v) is 11.2. The van der Waals surface area contributed by atoms with Crippen molar-refractivity contribution in [3.63, 3.8) is 0 Å². The van der Waals surface area contributed by atoms with Gasteiger partial charge < -0.3 is 15.5 Å². The van der Waals surface area contributed by atoms with Gasteiger partial charge in [0, 0.05) is 36.0 Å². The number of hydrogen-bond acceptors (Lipinski definition) is 5. The Hall–Kier alpha value is -4.20. The summed E-state index contributed by atoms with van der Waals surface area (Å²) in [5, 5.41) is 17.4. The van der Waals surface area contributed by atoms with Gasteiger partial charge in [-0.3, -0.25) is 19.7 Å². The minimum Gasteiger partial charge on any atom is -0.366 e. The maximum atomic E-state index is 12.9. The highest BCUT2D eigenvalue weighted by Crippen LogP contribution is 2.32. The Kier molecular flexibility index (Phi) is 6.87. The van der Waals surface area contributed by atoms with Crippen molar-refractivity contribution in [2.45, 2.75) is 25.8 Å². The van der Waals surface area contributed by atoms with Crippen molar-refractivity contribution >= 4 is 28.9 Å². The molecule has 1 fully saturated rings. The van der Waals surface area contributed by atoms with E-state index in [1.54, 1.807) is 54.6 Å². The molecule has 0 bridgehead atoms. The third-order valence-electron chi connectivity index (χ3n) is 5.91. The van der Waals surface area contributed by atoms with Gasteiger partial charge in [0.2, 0.25) is 0 Å². The summed E-state index contributed by atoms with van der Waals surface area (Å²) in [5.74, 6) is -0.623. The molecule has 3 aromatic carbocycles. The molecule has 174 valence electrons. The minimum absolute atomic E-state index is 0.0622. The van der Waals surface area contributed by atoms with Crippen LogP contribution in [0.3, 0.4) is 0 Å². The second-order valence-electron chi connectivity index (χ2n) is 8.30. The number of amides is 2. The van der Waals surface area contributed by atoms with Crippen LogP contribution in [0.25, 0.3) is 0 Å².